The van der Waals surface area contributed by atoms with E-state index < -0.39 is 0 Å². The van der Waals surface area contributed by atoms with Crippen LogP contribution in [0.3, 0.4) is 0 Å². The van der Waals surface area contributed by atoms with Crippen molar-refractivity contribution in [1.29, 1.82) is 0 Å². The van der Waals surface area contributed by atoms with Crippen LogP contribution >= 0.6 is 0 Å². The van der Waals surface area contributed by atoms with Gasteiger partial charge in [-0.2, -0.15) is 0 Å². The van der Waals surface area contributed by atoms with Gasteiger partial charge in [-0.3, -0.25) is 9.59 Å². The molecular weight excluding hydrogens is 228 g/mol. The van der Waals surface area contributed by atoms with Crippen molar-refractivity contribution in [3.05, 3.63) is 0 Å². The quantitative estimate of drug-likeness (QED) is 0.672. The molecule has 0 spiro atoms. The van der Waals surface area contributed by atoms with Crippen LogP contribution in [0.25, 0.3) is 0 Å². The lowest BCUT2D eigenvalue weighted by Gasteiger charge is -2.49. The van der Waals surface area contributed by atoms with Crippen LogP contribution in [-0.4, -0.2) is 17.9 Å². The second-order valence-corrected chi connectivity index (χ2v) is 7.36. The van der Waals surface area contributed by atoms with Gasteiger partial charge in [0.15, 0.2) is 0 Å². The van der Waals surface area contributed by atoms with Gasteiger partial charge in [-0.25, -0.2) is 0 Å². The molecule has 0 bridgehead atoms. The molecule has 0 heterocycles. The number of hydrogen-bond donors (Lipinski definition) is 0. The van der Waals surface area contributed by atoms with E-state index in [0.717, 1.165) is 12.8 Å². The Morgan fingerprint density at radius 2 is 1.89 bits per heavy atom. The molecule has 3 nitrogen and oxygen atoms in total. The maximum atomic E-state index is 12.5. The first-order valence-electron chi connectivity index (χ1n) is 6.88. The summed E-state index contributed by atoms with van der Waals surface area (Å²) >= 11 is 0. The number of hydrogen-bond acceptors (Lipinski definition) is 3. The molecule has 100 valence electrons. The van der Waals surface area contributed by atoms with E-state index in [1.807, 2.05) is 0 Å². The number of Topliss-reactive ketones (excluding diaryl/α,β-unsaturated/α-hetero) is 1. The second-order valence-electron chi connectivity index (χ2n) is 7.36. The van der Waals surface area contributed by atoms with E-state index in [1.165, 1.54) is 6.92 Å². The smallest absolute Gasteiger partial charge is 0.302 e. The highest BCUT2D eigenvalue weighted by molar-refractivity contribution is 5.95. The third-order valence-corrected chi connectivity index (χ3v) is 6.66. The van der Waals surface area contributed by atoms with Gasteiger partial charge in [0.25, 0.3) is 0 Å². The molecule has 3 aliphatic carbocycles. The minimum Gasteiger partial charge on any atom is -0.463 e. The molecule has 3 fully saturated rings. The molecule has 0 saturated heterocycles. The highest BCUT2D eigenvalue weighted by Gasteiger charge is 2.84. The molecule has 3 aliphatic rings. The van der Waals surface area contributed by atoms with Crippen molar-refractivity contribution >= 4 is 11.8 Å². The number of carbonyl (C=O) groups excluding carboxylic acids is 2. The Balaban J connectivity index is 1.96. The Hall–Kier alpha value is -0.860. The summed E-state index contributed by atoms with van der Waals surface area (Å²) in [6.07, 6.45) is 1.70. The SMILES string of the molecule is CC(=O)O[C@@H]1CC2C3C(=O)C(C)(C)[C@](C)(C1)[C@]23C. The van der Waals surface area contributed by atoms with Crippen molar-refractivity contribution < 1.29 is 14.3 Å². The molecule has 0 aromatic rings. The average Bonchev–Trinajstić information content (AvgIpc) is 2.79. The molecule has 3 heteroatoms. The topological polar surface area (TPSA) is 43.4 Å². The van der Waals surface area contributed by atoms with E-state index in [9.17, 15) is 9.59 Å². The first-order valence-corrected chi connectivity index (χ1v) is 6.88. The van der Waals surface area contributed by atoms with E-state index in [4.69, 9.17) is 4.74 Å². The minimum atomic E-state index is -0.290. The lowest BCUT2D eigenvalue weighted by Crippen LogP contribution is -2.48. The molecular formula is C15H22O3. The summed E-state index contributed by atoms with van der Waals surface area (Å²) in [6.45, 7) is 10.1. The predicted octanol–water partition coefficient (Wildman–Crippen LogP) is 2.58. The minimum absolute atomic E-state index is 0.00273. The third kappa shape index (κ3) is 1.03. The zero-order valence-corrected chi connectivity index (χ0v) is 11.9. The zero-order chi connectivity index (χ0) is 13.5. The van der Waals surface area contributed by atoms with Crippen molar-refractivity contribution in [3.63, 3.8) is 0 Å². The summed E-state index contributed by atoms with van der Waals surface area (Å²) in [5.74, 6) is 0.866. The zero-order valence-electron chi connectivity index (χ0n) is 11.9. The number of carbonyl (C=O) groups is 2. The van der Waals surface area contributed by atoms with Gasteiger partial charge >= 0.3 is 5.97 Å². The maximum Gasteiger partial charge on any atom is 0.302 e. The summed E-state index contributed by atoms with van der Waals surface area (Å²) in [5.41, 5.74) is -0.184. The Bertz CT molecular complexity index is 453. The number of rotatable bonds is 1. The van der Waals surface area contributed by atoms with Gasteiger partial charge in [-0.1, -0.05) is 27.7 Å². The normalized spacial score (nSPS) is 51.8. The molecule has 18 heavy (non-hydrogen) atoms. The van der Waals surface area contributed by atoms with Crippen LogP contribution in [0.5, 0.6) is 0 Å². The van der Waals surface area contributed by atoms with Crippen LogP contribution in [0.15, 0.2) is 0 Å². The number of esters is 1. The maximum absolute atomic E-state index is 12.5. The standard InChI is InChI=1S/C15H22O3/c1-8(16)18-9-6-10-11-12(17)13(2,3)14(4,7-9)15(10,11)5/h9-11H,6-7H2,1-5H3/t9-,10?,11?,14+,15-/m1/s1. The Labute approximate surface area is 108 Å². The van der Waals surface area contributed by atoms with Crippen LogP contribution < -0.4 is 0 Å². The summed E-state index contributed by atoms with van der Waals surface area (Å²) < 4.78 is 5.43. The van der Waals surface area contributed by atoms with Crippen molar-refractivity contribution in [2.45, 2.75) is 53.6 Å². The summed E-state index contributed by atoms with van der Waals surface area (Å²) in [7, 11) is 0. The molecule has 3 saturated carbocycles. The lowest BCUT2D eigenvalue weighted by atomic mass is 9.55. The summed E-state index contributed by atoms with van der Waals surface area (Å²) in [6, 6.07) is 0. The van der Waals surface area contributed by atoms with Crippen molar-refractivity contribution in [2.75, 3.05) is 0 Å². The lowest BCUT2D eigenvalue weighted by molar-refractivity contribution is -0.156. The molecule has 0 radical (unpaired) electrons. The third-order valence-electron chi connectivity index (χ3n) is 6.66. The fourth-order valence-electron chi connectivity index (χ4n) is 5.15. The number of fused-ring (bicyclic) bond motifs is 1. The van der Waals surface area contributed by atoms with E-state index in [1.54, 1.807) is 0 Å². The van der Waals surface area contributed by atoms with Gasteiger partial charge in [0, 0.05) is 18.3 Å². The summed E-state index contributed by atoms with van der Waals surface area (Å²) in [5, 5.41) is 0. The van der Waals surface area contributed by atoms with Gasteiger partial charge in [0.1, 0.15) is 11.9 Å². The fourth-order valence-corrected chi connectivity index (χ4v) is 5.15. The molecule has 5 atom stereocenters. The van der Waals surface area contributed by atoms with E-state index in [2.05, 4.69) is 27.7 Å². The van der Waals surface area contributed by atoms with Gasteiger partial charge in [0.05, 0.1) is 0 Å². The Morgan fingerprint density at radius 3 is 2.44 bits per heavy atom. The van der Waals surface area contributed by atoms with E-state index in [-0.39, 0.29) is 34.2 Å². The molecule has 0 amide bonds. The monoisotopic (exact) mass is 250 g/mol. The van der Waals surface area contributed by atoms with Crippen LogP contribution in [0.1, 0.15) is 47.5 Å². The molecule has 2 unspecified atom stereocenters. The van der Waals surface area contributed by atoms with E-state index in [0.29, 0.717) is 11.7 Å². The Morgan fingerprint density at radius 1 is 1.28 bits per heavy atom. The van der Waals surface area contributed by atoms with Gasteiger partial charge in [0.2, 0.25) is 0 Å². The molecule has 0 aliphatic heterocycles. The molecule has 0 N–H and O–H groups in total. The highest BCUT2D eigenvalue weighted by atomic mass is 16.5. The largest absolute Gasteiger partial charge is 0.463 e. The highest BCUT2D eigenvalue weighted by Crippen LogP contribution is 2.83. The van der Waals surface area contributed by atoms with Crippen molar-refractivity contribution in [3.8, 4) is 0 Å². The average molecular weight is 250 g/mol. The van der Waals surface area contributed by atoms with Crippen LogP contribution in [0.2, 0.25) is 0 Å². The number of ketones is 1. The molecule has 0 aromatic carbocycles. The van der Waals surface area contributed by atoms with Gasteiger partial charge in [-0.15, -0.1) is 0 Å². The van der Waals surface area contributed by atoms with Gasteiger partial charge < -0.3 is 4.74 Å². The fraction of sp³-hybridized carbons (Fsp3) is 0.867. The van der Waals surface area contributed by atoms with Crippen molar-refractivity contribution in [1.82, 2.24) is 0 Å². The van der Waals surface area contributed by atoms with Crippen molar-refractivity contribution in [2.24, 2.45) is 28.1 Å². The first-order chi connectivity index (χ1) is 8.16. The summed E-state index contributed by atoms with van der Waals surface area (Å²) in [4.78, 5) is 23.7. The van der Waals surface area contributed by atoms with E-state index >= 15 is 0 Å². The number of ether oxygens (including phenoxy) is 1. The van der Waals surface area contributed by atoms with Gasteiger partial charge in [-0.05, 0) is 29.6 Å². The second kappa shape index (κ2) is 3.00. The van der Waals surface area contributed by atoms with Crippen LogP contribution in [-0.2, 0) is 14.3 Å². The van der Waals surface area contributed by atoms with Crippen LogP contribution in [0, 0.1) is 28.1 Å². The molecule has 3 rings (SSSR count). The first kappa shape index (κ1) is 12.2. The molecule has 0 aromatic heterocycles. The van der Waals surface area contributed by atoms with Crippen LogP contribution in [0.4, 0.5) is 0 Å². The Kier molecular flexibility index (Phi) is 2.03. The predicted molar refractivity (Wildman–Crippen MR) is 66.8 cm³/mol.